The number of allylic oxidation sites excluding steroid dienone is 2. The molecule has 0 amide bonds. The number of ether oxygens (including phenoxy) is 16. The summed E-state index contributed by atoms with van der Waals surface area (Å²) in [4.78, 5) is 15.4. The lowest BCUT2D eigenvalue weighted by Crippen LogP contribution is -2.66. The van der Waals surface area contributed by atoms with Crippen LogP contribution in [-0.2, 0) is 80.6 Å². The third-order valence-corrected chi connectivity index (χ3v) is 29.0. The van der Waals surface area contributed by atoms with E-state index in [0.29, 0.717) is 51.4 Å². The molecule has 0 radical (unpaired) electrons. The first-order chi connectivity index (χ1) is 54.0. The van der Waals surface area contributed by atoms with Crippen LogP contribution in [0.15, 0.2) is 11.6 Å². The summed E-state index contributed by atoms with van der Waals surface area (Å²) in [6.07, 6.45) is -56.6. The minimum absolute atomic E-state index is 0.0422. The molecule has 39 heteroatoms. The molecule has 662 valence electrons. The Morgan fingerprint density at radius 2 is 0.913 bits per heavy atom. The normalized spacial score (nSPS) is 54.6. The van der Waals surface area contributed by atoms with Crippen LogP contribution in [0, 0.1) is 50.2 Å². The minimum Gasteiger partial charge on any atom is -0.432 e. The summed E-state index contributed by atoms with van der Waals surface area (Å²) in [7, 11) is 0. The van der Waals surface area contributed by atoms with Crippen LogP contribution >= 0.6 is 0 Å². The number of fused-ring (bicyclic) bond motifs is 7. The van der Waals surface area contributed by atoms with Gasteiger partial charge in [-0.3, -0.25) is 4.79 Å². The van der Waals surface area contributed by atoms with E-state index >= 15 is 4.79 Å². The monoisotopic (exact) mass is 1660 g/mol. The van der Waals surface area contributed by atoms with Crippen molar-refractivity contribution in [2.24, 2.45) is 50.2 Å². The van der Waals surface area contributed by atoms with Gasteiger partial charge >= 0.3 is 5.97 Å². The molecule has 115 heavy (non-hydrogen) atoms. The van der Waals surface area contributed by atoms with Crippen LogP contribution in [-0.4, -0.2) is 397 Å². The van der Waals surface area contributed by atoms with Crippen LogP contribution in [0.4, 0.5) is 0 Å². The summed E-state index contributed by atoms with van der Waals surface area (Å²) in [5.74, 6) is -0.804. The van der Waals surface area contributed by atoms with E-state index in [0.717, 1.165) is 18.4 Å². The van der Waals surface area contributed by atoms with Gasteiger partial charge in [-0.15, -0.1) is 0 Å². The molecule has 13 rings (SSSR count). The van der Waals surface area contributed by atoms with Crippen molar-refractivity contribution < 1.29 is 193 Å². The molecule has 46 atom stereocenters. The van der Waals surface area contributed by atoms with Crippen molar-refractivity contribution in [1.82, 2.24) is 0 Å². The lowest BCUT2D eigenvalue weighted by molar-refractivity contribution is -0.386. The summed E-state index contributed by atoms with van der Waals surface area (Å²) >= 11 is 0. The van der Waals surface area contributed by atoms with E-state index in [2.05, 4.69) is 54.5 Å². The predicted molar refractivity (Wildman–Crippen MR) is 379 cm³/mol. The zero-order valence-electron chi connectivity index (χ0n) is 65.9. The molecule has 0 aromatic rings. The van der Waals surface area contributed by atoms with Gasteiger partial charge < -0.3 is 188 Å². The molecule has 0 aromatic heterocycles. The van der Waals surface area contributed by atoms with E-state index in [1.54, 1.807) is 0 Å². The van der Waals surface area contributed by atoms with E-state index in [1.807, 2.05) is 0 Å². The molecule has 22 N–H and O–H groups in total. The molecular weight excluding hydrogens is 1540 g/mol. The highest BCUT2D eigenvalue weighted by Crippen LogP contribution is 2.76. The molecule has 39 nitrogen and oxygen atoms in total. The van der Waals surface area contributed by atoms with Crippen molar-refractivity contribution >= 4 is 5.97 Å². The van der Waals surface area contributed by atoms with Gasteiger partial charge in [-0.25, -0.2) is 0 Å². The molecule has 5 aliphatic carbocycles. The maximum Gasteiger partial charge on any atom is 0.315 e. The molecule has 0 spiro atoms. The van der Waals surface area contributed by atoms with Crippen LogP contribution in [0.25, 0.3) is 0 Å². The number of aliphatic hydroxyl groups is 22. The number of carbonyl (C=O) groups is 1. The van der Waals surface area contributed by atoms with Crippen LogP contribution < -0.4 is 0 Å². The topological polar surface area (TPSA) is 610 Å². The van der Waals surface area contributed by atoms with E-state index in [-0.39, 0.29) is 40.6 Å². The van der Waals surface area contributed by atoms with Gasteiger partial charge in [0.05, 0.1) is 63.4 Å². The number of aliphatic hydroxyl groups excluding tert-OH is 22. The largest absolute Gasteiger partial charge is 0.432 e. The number of rotatable bonds is 20. The first kappa shape index (κ1) is 90.5. The van der Waals surface area contributed by atoms with E-state index in [9.17, 15) is 112 Å². The average Bonchev–Trinajstić information content (AvgIpc) is 0.676. The zero-order chi connectivity index (χ0) is 83.7. The van der Waals surface area contributed by atoms with Gasteiger partial charge in [0.15, 0.2) is 44.0 Å². The summed E-state index contributed by atoms with van der Waals surface area (Å²) in [6.45, 7) is 14.4. The second-order valence-electron chi connectivity index (χ2n) is 36.6. The molecule has 12 fully saturated rings. The van der Waals surface area contributed by atoms with E-state index in [1.165, 1.54) is 13.8 Å². The Morgan fingerprint density at radius 3 is 1.55 bits per heavy atom. The number of hydrogen-bond acceptors (Lipinski definition) is 39. The second kappa shape index (κ2) is 34.7. The summed E-state index contributed by atoms with van der Waals surface area (Å²) < 4.78 is 94.8. The zero-order valence-corrected chi connectivity index (χ0v) is 65.9. The van der Waals surface area contributed by atoms with Gasteiger partial charge in [0.2, 0.25) is 6.29 Å². The Hall–Kier alpha value is -2.27. The maximum absolute atomic E-state index is 15.4. The van der Waals surface area contributed by atoms with Gasteiger partial charge in [0.25, 0.3) is 0 Å². The van der Waals surface area contributed by atoms with Crippen molar-refractivity contribution in [2.75, 3.05) is 39.6 Å². The fourth-order valence-electron chi connectivity index (χ4n) is 21.6. The molecule has 0 aromatic carbocycles. The Bertz CT molecular complexity index is 3290. The van der Waals surface area contributed by atoms with Gasteiger partial charge in [-0.2, -0.15) is 0 Å². The fraction of sp³-hybridized carbons (Fsp3) is 0.961. The highest BCUT2D eigenvalue weighted by Gasteiger charge is 2.71. The molecular formula is C76H124O39. The maximum atomic E-state index is 15.4. The molecule has 8 aliphatic heterocycles. The Morgan fingerprint density at radius 1 is 0.417 bits per heavy atom. The third-order valence-electron chi connectivity index (χ3n) is 29.0. The summed E-state index contributed by atoms with van der Waals surface area (Å²) in [6, 6.07) is 0. The predicted octanol–water partition coefficient (Wildman–Crippen LogP) is -7.41. The van der Waals surface area contributed by atoms with Crippen molar-refractivity contribution in [2.45, 2.75) is 366 Å². The number of carbonyl (C=O) groups excluding carboxylic acids is 1. The van der Waals surface area contributed by atoms with Crippen LogP contribution in [0.1, 0.15) is 127 Å². The quantitative estimate of drug-likeness (QED) is 0.0306. The van der Waals surface area contributed by atoms with Gasteiger partial charge in [-0.1, -0.05) is 60.1 Å². The van der Waals surface area contributed by atoms with Crippen molar-refractivity contribution in [3.05, 3.63) is 11.6 Å². The third kappa shape index (κ3) is 16.2. The van der Waals surface area contributed by atoms with Crippen molar-refractivity contribution in [1.29, 1.82) is 0 Å². The first-order valence-electron chi connectivity index (χ1n) is 40.4. The summed E-state index contributed by atoms with van der Waals surface area (Å²) in [5.41, 5.74) is -1.78. The van der Waals surface area contributed by atoms with Gasteiger partial charge in [-0.05, 0) is 123 Å². The summed E-state index contributed by atoms with van der Waals surface area (Å²) in [5, 5.41) is 241. The van der Waals surface area contributed by atoms with Crippen molar-refractivity contribution in [3.8, 4) is 0 Å². The lowest BCUT2D eigenvalue weighted by atomic mass is 9.33. The molecule has 13 aliphatic rings. The highest BCUT2D eigenvalue weighted by molar-refractivity contribution is 5.79. The first-order valence-corrected chi connectivity index (χ1v) is 40.4. The average molecular weight is 1660 g/mol. The lowest BCUT2D eigenvalue weighted by Gasteiger charge is -2.71. The molecule has 4 saturated carbocycles. The van der Waals surface area contributed by atoms with E-state index in [4.69, 9.17) is 75.8 Å². The number of esters is 1. The fourth-order valence-corrected chi connectivity index (χ4v) is 21.6. The SMILES string of the molecule is C[C@@H]1O[C@@H](O[C@H]2[C@H](O)[C@@H](O)[C@H](OC[C@H]3O[C@@H](OC(=O)[C@]45CCC(C)(C)C[C@H]4C4=CC[C@@H]6[C@@]7(C)CC[C@H](O[C@@H]8OC[C@H](O)[C@H](O)[C@H]8O[C@@H]8O[C@@H](C)[C@H](O)[C@@H](O[C@@H]9OC[C@@H](O[C@@H]%10O[C@H](CO)[C@@H](O[C@@H]%11O[C@H](CO)[C@@H](O)[C@H](O)[C@H]%11O)[C@H](O)[C@H]%10O)[C@@H](O)[C@H]9O)C8O)C(C)(C)[C@@H]7CC[C@@]6(C)[C@]4(C)CC5)[C@H](O)[C@@H](O)[C@@H]3O)O[C@@H]2CO)[C@H](O)[C@H](O)[C@H]1O. The van der Waals surface area contributed by atoms with Crippen molar-refractivity contribution in [3.63, 3.8) is 0 Å². The van der Waals surface area contributed by atoms with Crippen LogP contribution in [0.5, 0.6) is 0 Å². The standard InChI is InChI=1S/C76H124O39/c1-27-40(81)46(87)52(93)64(103-27)111-58-33(22-78)106-62(55(96)49(58)90)101-25-35-44(85)48(89)54(95)67(109-35)115-70(99)76-18-16-71(3,4)20-30(76)29-10-11-38-73(7)14-13-39(72(5,6)37(73)12-15-75(38,9)74(29,8)17-19-76)110-69-61(42(83)31(80)24-100-69)114-68-57(98)60(41(82)28(2)104-68)113-63-51(92)45(86)36(26-102-63)108-65-56(97)50(91)59(34(23-79)107-65)112-66-53(94)47(88)43(84)32(21-77)105-66/h10,27-28,30-69,77-98H,11-26H2,1-9H3/t27-,28-,30-,31-,32+,33+,34+,35+,36+,37-,38+,39-,40-,41-,42-,43+,44+,45+,46+,47-,48-,49+,50+,51+,52+,53+,54+,55+,56+,57?,58+,59+,60+,61+,62+,63-,64-,65-,66-,67-,68-,69-,73-,74+,75+,76-/m0/s1. The smallest absolute Gasteiger partial charge is 0.315 e. The number of hydrogen-bond donors (Lipinski definition) is 22. The Labute approximate surface area is 664 Å². The second-order valence-corrected chi connectivity index (χ2v) is 36.6. The van der Waals surface area contributed by atoms with E-state index < -0.39 is 295 Å². The van der Waals surface area contributed by atoms with Crippen LogP contribution in [0.3, 0.4) is 0 Å². The Kier molecular flexibility index (Phi) is 27.3. The highest BCUT2D eigenvalue weighted by atomic mass is 16.8. The Balaban J connectivity index is 0.639. The molecule has 8 saturated heterocycles. The van der Waals surface area contributed by atoms with Gasteiger partial charge in [0.1, 0.15) is 171 Å². The van der Waals surface area contributed by atoms with Crippen LogP contribution in [0.2, 0.25) is 0 Å². The minimum atomic E-state index is -2.02. The molecule has 0 bridgehead atoms. The molecule has 8 heterocycles. The van der Waals surface area contributed by atoms with Gasteiger partial charge in [0, 0.05) is 0 Å². The molecule has 1 unspecified atom stereocenters.